The summed E-state index contributed by atoms with van der Waals surface area (Å²) in [4.78, 5) is 24.2. The molecule has 0 fully saturated rings. The number of rotatable bonds is 6. The smallest absolute Gasteiger partial charge is 0.317 e. The fourth-order valence-corrected chi connectivity index (χ4v) is 1.71. The maximum Gasteiger partial charge on any atom is 0.317 e. The number of hydrogen-bond donors (Lipinski definition) is 0. The summed E-state index contributed by atoms with van der Waals surface area (Å²) in [5.41, 5.74) is 0.518. The lowest BCUT2D eigenvalue weighted by Crippen LogP contribution is -2.31. The number of carbonyl (C=O) groups excluding carboxylic acids is 2. The normalized spacial score (nSPS) is 13.4. The van der Waals surface area contributed by atoms with Crippen LogP contribution in [0.1, 0.15) is 24.2 Å². The Hall–Kier alpha value is -1.90. The standard InChI is InChI=1S/C15H18O3/c1-4-11(3)13(15(17)18-5-2)14(16)12-9-7-6-8-10-12/h4,6-11,13H,1,5H2,2-3H3/t11-,13-/m1/s1. The van der Waals surface area contributed by atoms with Gasteiger partial charge in [0, 0.05) is 5.56 Å². The molecular weight excluding hydrogens is 228 g/mol. The largest absolute Gasteiger partial charge is 0.465 e. The van der Waals surface area contributed by atoms with Crippen LogP contribution in [0, 0.1) is 11.8 Å². The Balaban J connectivity index is 3.00. The lowest BCUT2D eigenvalue weighted by molar-refractivity contribution is -0.147. The minimum Gasteiger partial charge on any atom is -0.465 e. The van der Waals surface area contributed by atoms with Crippen LogP contribution in [-0.2, 0) is 9.53 Å². The van der Waals surface area contributed by atoms with Crippen LogP contribution in [0.3, 0.4) is 0 Å². The highest BCUT2D eigenvalue weighted by molar-refractivity contribution is 6.09. The number of esters is 1. The summed E-state index contributed by atoms with van der Waals surface area (Å²) < 4.78 is 4.96. The van der Waals surface area contributed by atoms with Gasteiger partial charge in [0.05, 0.1) is 6.61 Å². The first-order chi connectivity index (χ1) is 8.61. The highest BCUT2D eigenvalue weighted by Gasteiger charge is 2.32. The number of ether oxygens (including phenoxy) is 1. The van der Waals surface area contributed by atoms with Crippen molar-refractivity contribution in [1.29, 1.82) is 0 Å². The van der Waals surface area contributed by atoms with Gasteiger partial charge in [-0.05, 0) is 12.8 Å². The number of benzene rings is 1. The summed E-state index contributed by atoms with van der Waals surface area (Å²) in [6.07, 6.45) is 1.60. The van der Waals surface area contributed by atoms with E-state index < -0.39 is 11.9 Å². The molecule has 3 heteroatoms. The lowest BCUT2D eigenvalue weighted by atomic mass is 9.87. The summed E-state index contributed by atoms with van der Waals surface area (Å²) in [5, 5.41) is 0. The Labute approximate surface area is 107 Å². The van der Waals surface area contributed by atoms with Crippen molar-refractivity contribution in [2.24, 2.45) is 11.8 Å². The van der Waals surface area contributed by atoms with E-state index in [2.05, 4.69) is 6.58 Å². The van der Waals surface area contributed by atoms with Crippen molar-refractivity contribution in [3.8, 4) is 0 Å². The molecule has 3 nitrogen and oxygen atoms in total. The minimum atomic E-state index is -0.815. The number of carbonyl (C=O) groups is 2. The van der Waals surface area contributed by atoms with Crippen molar-refractivity contribution in [1.82, 2.24) is 0 Å². The molecule has 0 spiro atoms. The van der Waals surface area contributed by atoms with Gasteiger partial charge in [0.15, 0.2) is 5.78 Å². The van der Waals surface area contributed by atoms with E-state index in [0.717, 1.165) is 0 Å². The van der Waals surface area contributed by atoms with Gasteiger partial charge in [0.25, 0.3) is 0 Å². The molecule has 0 aliphatic rings. The molecule has 0 saturated heterocycles. The van der Waals surface area contributed by atoms with Crippen LogP contribution in [0.5, 0.6) is 0 Å². The summed E-state index contributed by atoms with van der Waals surface area (Å²) in [7, 11) is 0. The number of ketones is 1. The van der Waals surface area contributed by atoms with Crippen molar-refractivity contribution in [2.75, 3.05) is 6.61 Å². The topological polar surface area (TPSA) is 43.4 Å². The predicted molar refractivity (Wildman–Crippen MR) is 70.3 cm³/mol. The first kappa shape index (κ1) is 14.2. The van der Waals surface area contributed by atoms with Gasteiger partial charge in [0.1, 0.15) is 5.92 Å². The molecule has 0 aliphatic carbocycles. The molecule has 0 amide bonds. The Kier molecular flexibility index (Phi) is 5.31. The summed E-state index contributed by atoms with van der Waals surface area (Å²) in [6.45, 7) is 7.42. The summed E-state index contributed by atoms with van der Waals surface area (Å²) >= 11 is 0. The minimum absolute atomic E-state index is 0.221. The molecule has 1 rings (SSSR count). The predicted octanol–water partition coefficient (Wildman–Crippen LogP) is 2.87. The maximum atomic E-state index is 12.3. The lowest BCUT2D eigenvalue weighted by Gasteiger charge is -2.18. The Morgan fingerprint density at radius 2 is 1.94 bits per heavy atom. The third-order valence-corrected chi connectivity index (χ3v) is 2.78. The zero-order valence-electron chi connectivity index (χ0n) is 10.8. The van der Waals surface area contributed by atoms with Gasteiger partial charge >= 0.3 is 5.97 Å². The third-order valence-electron chi connectivity index (χ3n) is 2.78. The zero-order valence-corrected chi connectivity index (χ0v) is 10.8. The molecule has 0 bridgehead atoms. The summed E-state index contributed by atoms with van der Waals surface area (Å²) in [6, 6.07) is 8.77. The Bertz CT molecular complexity index is 423. The van der Waals surface area contributed by atoms with Crippen LogP contribution in [0.25, 0.3) is 0 Å². The highest BCUT2D eigenvalue weighted by atomic mass is 16.5. The molecule has 0 unspecified atom stereocenters. The van der Waals surface area contributed by atoms with Crippen molar-refractivity contribution in [3.05, 3.63) is 48.6 Å². The van der Waals surface area contributed by atoms with E-state index in [1.54, 1.807) is 44.2 Å². The molecular formula is C15H18O3. The molecule has 0 heterocycles. The van der Waals surface area contributed by atoms with E-state index in [0.29, 0.717) is 5.56 Å². The first-order valence-corrected chi connectivity index (χ1v) is 6.00. The number of hydrogen-bond acceptors (Lipinski definition) is 3. The summed E-state index contributed by atoms with van der Waals surface area (Å²) in [5.74, 6) is -1.78. The van der Waals surface area contributed by atoms with Crippen molar-refractivity contribution in [2.45, 2.75) is 13.8 Å². The number of allylic oxidation sites excluding steroid dienone is 1. The van der Waals surface area contributed by atoms with Gasteiger partial charge < -0.3 is 4.74 Å². The van der Waals surface area contributed by atoms with Gasteiger partial charge in [-0.15, -0.1) is 6.58 Å². The average molecular weight is 246 g/mol. The molecule has 0 saturated carbocycles. The fraction of sp³-hybridized carbons (Fsp3) is 0.333. The van der Waals surface area contributed by atoms with Gasteiger partial charge in [-0.2, -0.15) is 0 Å². The third kappa shape index (κ3) is 3.29. The van der Waals surface area contributed by atoms with E-state index in [1.165, 1.54) is 0 Å². The van der Waals surface area contributed by atoms with Gasteiger partial charge in [-0.25, -0.2) is 0 Å². The maximum absolute atomic E-state index is 12.3. The van der Waals surface area contributed by atoms with Gasteiger partial charge in [0.2, 0.25) is 0 Å². The van der Waals surface area contributed by atoms with E-state index in [9.17, 15) is 9.59 Å². The van der Waals surface area contributed by atoms with Crippen LogP contribution in [0.15, 0.2) is 43.0 Å². The van der Waals surface area contributed by atoms with Crippen LogP contribution in [-0.4, -0.2) is 18.4 Å². The molecule has 0 radical (unpaired) electrons. The molecule has 1 aromatic rings. The second-order valence-electron chi connectivity index (χ2n) is 4.05. The van der Waals surface area contributed by atoms with E-state index in [4.69, 9.17) is 4.74 Å². The van der Waals surface area contributed by atoms with Crippen LogP contribution >= 0.6 is 0 Å². The van der Waals surface area contributed by atoms with E-state index in [1.807, 2.05) is 6.07 Å². The van der Waals surface area contributed by atoms with Crippen molar-refractivity contribution in [3.63, 3.8) is 0 Å². The number of Topliss-reactive ketones (excluding diaryl/α,β-unsaturated/α-hetero) is 1. The molecule has 2 atom stereocenters. The molecule has 0 aromatic heterocycles. The SMILES string of the molecule is C=C[C@@H](C)[C@@H](C(=O)OCC)C(=O)c1ccccc1. The Morgan fingerprint density at radius 3 is 2.44 bits per heavy atom. The van der Waals surface area contributed by atoms with E-state index in [-0.39, 0.29) is 18.3 Å². The molecule has 96 valence electrons. The van der Waals surface area contributed by atoms with Crippen LogP contribution in [0.2, 0.25) is 0 Å². The second kappa shape index (κ2) is 6.74. The van der Waals surface area contributed by atoms with Gasteiger partial charge in [-0.1, -0.05) is 43.3 Å². The van der Waals surface area contributed by atoms with Crippen molar-refractivity contribution >= 4 is 11.8 Å². The van der Waals surface area contributed by atoms with Crippen LogP contribution in [0.4, 0.5) is 0 Å². The average Bonchev–Trinajstić information content (AvgIpc) is 2.40. The van der Waals surface area contributed by atoms with Gasteiger partial charge in [-0.3, -0.25) is 9.59 Å². The Morgan fingerprint density at radius 1 is 1.33 bits per heavy atom. The fourth-order valence-electron chi connectivity index (χ4n) is 1.71. The first-order valence-electron chi connectivity index (χ1n) is 6.00. The molecule has 0 N–H and O–H groups in total. The molecule has 1 aromatic carbocycles. The van der Waals surface area contributed by atoms with Crippen molar-refractivity contribution < 1.29 is 14.3 Å². The van der Waals surface area contributed by atoms with E-state index >= 15 is 0 Å². The highest BCUT2D eigenvalue weighted by Crippen LogP contribution is 2.20. The quantitative estimate of drug-likeness (QED) is 0.335. The molecule has 18 heavy (non-hydrogen) atoms. The molecule has 0 aliphatic heterocycles. The second-order valence-corrected chi connectivity index (χ2v) is 4.05. The van der Waals surface area contributed by atoms with Crippen LogP contribution < -0.4 is 0 Å². The monoisotopic (exact) mass is 246 g/mol. The zero-order chi connectivity index (χ0) is 13.5.